The third-order valence-electron chi connectivity index (χ3n) is 0.689. The van der Waals surface area contributed by atoms with Gasteiger partial charge in [-0.25, -0.2) is 5.43 Å². The molecule has 1 aromatic heterocycles. The molecule has 0 spiro atoms. The highest BCUT2D eigenvalue weighted by atomic mass is 35.5. The summed E-state index contributed by atoms with van der Waals surface area (Å²) in [5.74, 6) is 0. The van der Waals surface area contributed by atoms with E-state index in [9.17, 15) is 4.79 Å². The van der Waals surface area contributed by atoms with Gasteiger partial charge in [-0.1, -0.05) is 0 Å². The Morgan fingerprint density at radius 3 is 2.89 bits per heavy atom. The van der Waals surface area contributed by atoms with Gasteiger partial charge < -0.3 is 0 Å². The maximum atomic E-state index is 9.70. The molecular weight excluding hydrogens is 142 g/mol. The zero-order valence-electron chi connectivity index (χ0n) is 4.52. The van der Waals surface area contributed by atoms with Crippen molar-refractivity contribution in [2.24, 2.45) is 0 Å². The number of nitrogens with one attached hydrogen (secondary N) is 1. The number of aromatic nitrogens is 2. The summed E-state index contributed by atoms with van der Waals surface area (Å²) in [5, 5.41) is 3.68. The molecule has 1 amide bonds. The van der Waals surface area contributed by atoms with Crippen LogP contribution >= 0.6 is 12.4 Å². The number of amides is 1. The van der Waals surface area contributed by atoms with E-state index in [0.717, 1.165) is 0 Å². The zero-order valence-corrected chi connectivity index (χ0v) is 5.34. The topological polar surface area (TPSA) is 46.9 Å². The zero-order chi connectivity index (χ0) is 5.82. The number of nitrogens with zero attached hydrogens (tertiary/aromatic N) is 2. The van der Waals surface area contributed by atoms with Gasteiger partial charge in [0.2, 0.25) is 6.41 Å². The predicted molar refractivity (Wildman–Crippen MR) is 34.9 cm³/mol. The number of halogens is 1. The number of hydrogen-bond donors (Lipinski definition) is 1. The first-order valence-corrected chi connectivity index (χ1v) is 2.13. The SMILES string of the molecule is Cl.O=CNn1cccn1. The third kappa shape index (κ3) is 2.14. The van der Waals surface area contributed by atoms with Crippen LogP contribution in [0.1, 0.15) is 0 Å². The van der Waals surface area contributed by atoms with Crippen LogP contribution in [0.15, 0.2) is 18.5 Å². The van der Waals surface area contributed by atoms with E-state index < -0.39 is 0 Å². The fourth-order valence-corrected chi connectivity index (χ4v) is 0.399. The van der Waals surface area contributed by atoms with E-state index in [4.69, 9.17) is 0 Å². The largest absolute Gasteiger partial charge is 0.277 e. The number of carbonyl (C=O) groups excluding carboxylic acids is 1. The average molecular weight is 148 g/mol. The summed E-state index contributed by atoms with van der Waals surface area (Å²) in [6.07, 6.45) is 3.78. The molecule has 0 aromatic carbocycles. The maximum Gasteiger partial charge on any atom is 0.227 e. The standard InChI is InChI=1S/C4H5N3O.ClH/c8-4-6-7-3-1-2-5-7;/h1-4H,(H,6,8);1H. The van der Waals surface area contributed by atoms with Gasteiger partial charge in [0.15, 0.2) is 0 Å². The highest BCUT2D eigenvalue weighted by Crippen LogP contribution is 1.74. The Hall–Kier alpha value is -1.03. The van der Waals surface area contributed by atoms with Crippen molar-refractivity contribution in [3.63, 3.8) is 0 Å². The van der Waals surface area contributed by atoms with Crippen LogP contribution in [-0.2, 0) is 4.79 Å². The predicted octanol–water partition coefficient (Wildman–Crippen LogP) is 0.00480. The van der Waals surface area contributed by atoms with Gasteiger partial charge in [-0.2, -0.15) is 9.89 Å². The second kappa shape index (κ2) is 3.91. The van der Waals surface area contributed by atoms with Crippen molar-refractivity contribution in [3.05, 3.63) is 18.5 Å². The molecular formula is C4H6ClN3O. The minimum Gasteiger partial charge on any atom is -0.277 e. The summed E-state index contributed by atoms with van der Waals surface area (Å²) in [4.78, 5) is 11.0. The highest BCUT2D eigenvalue weighted by molar-refractivity contribution is 5.85. The van der Waals surface area contributed by atoms with Crippen LogP contribution in [0.3, 0.4) is 0 Å². The van der Waals surface area contributed by atoms with Crippen molar-refractivity contribution in [2.45, 2.75) is 0 Å². The Morgan fingerprint density at radius 2 is 2.44 bits per heavy atom. The smallest absolute Gasteiger partial charge is 0.227 e. The first kappa shape index (κ1) is 7.97. The summed E-state index contributed by atoms with van der Waals surface area (Å²) < 4.78 is 0. The maximum absolute atomic E-state index is 9.70. The van der Waals surface area contributed by atoms with Crippen LogP contribution in [-0.4, -0.2) is 16.3 Å². The normalized spacial score (nSPS) is 7.56. The van der Waals surface area contributed by atoms with E-state index in [1.165, 1.54) is 4.79 Å². The monoisotopic (exact) mass is 147 g/mol. The summed E-state index contributed by atoms with van der Waals surface area (Å²) in [7, 11) is 0. The first-order chi connectivity index (χ1) is 3.93. The molecule has 4 nitrogen and oxygen atoms in total. The molecule has 0 saturated carbocycles. The molecule has 1 heterocycles. The Bertz CT molecular complexity index is 162. The van der Waals surface area contributed by atoms with Crippen LogP contribution in [0.5, 0.6) is 0 Å². The summed E-state index contributed by atoms with van der Waals surface area (Å²) in [6, 6.07) is 1.72. The van der Waals surface area contributed by atoms with Crippen LogP contribution in [0.25, 0.3) is 0 Å². The Morgan fingerprint density at radius 1 is 1.67 bits per heavy atom. The number of hydrogen-bond acceptors (Lipinski definition) is 2. The average Bonchev–Trinajstić information content (AvgIpc) is 2.19. The fraction of sp³-hybridized carbons (Fsp3) is 0. The highest BCUT2D eigenvalue weighted by Gasteiger charge is 1.79. The molecule has 0 unspecified atom stereocenters. The summed E-state index contributed by atoms with van der Waals surface area (Å²) in [6.45, 7) is 0. The van der Waals surface area contributed by atoms with Gasteiger partial charge in [0.25, 0.3) is 0 Å². The van der Waals surface area contributed by atoms with Crippen LogP contribution in [0.4, 0.5) is 0 Å². The van der Waals surface area contributed by atoms with E-state index in [0.29, 0.717) is 6.41 Å². The second-order valence-corrected chi connectivity index (χ2v) is 1.20. The number of rotatable bonds is 2. The molecule has 1 aromatic rings. The summed E-state index contributed by atoms with van der Waals surface area (Å²) in [5.41, 5.74) is 2.31. The van der Waals surface area contributed by atoms with Crippen molar-refractivity contribution in [2.75, 3.05) is 5.43 Å². The van der Waals surface area contributed by atoms with Gasteiger partial charge in [0, 0.05) is 6.20 Å². The van der Waals surface area contributed by atoms with Gasteiger partial charge in [0.05, 0.1) is 6.20 Å². The van der Waals surface area contributed by atoms with Gasteiger partial charge in [-0.3, -0.25) is 4.79 Å². The molecule has 0 bridgehead atoms. The van der Waals surface area contributed by atoms with Gasteiger partial charge in [0.1, 0.15) is 0 Å². The fourth-order valence-electron chi connectivity index (χ4n) is 0.399. The molecule has 0 aliphatic carbocycles. The van der Waals surface area contributed by atoms with Crippen LogP contribution in [0, 0.1) is 0 Å². The van der Waals surface area contributed by atoms with Crippen LogP contribution in [0.2, 0.25) is 0 Å². The molecule has 1 rings (SSSR count). The van der Waals surface area contributed by atoms with Gasteiger partial charge in [-0.15, -0.1) is 12.4 Å². The van der Waals surface area contributed by atoms with Crippen molar-refractivity contribution in [3.8, 4) is 0 Å². The molecule has 0 aliphatic heterocycles. The molecule has 0 fully saturated rings. The van der Waals surface area contributed by atoms with Crippen molar-refractivity contribution >= 4 is 18.8 Å². The lowest BCUT2D eigenvalue weighted by Crippen LogP contribution is -2.11. The minimum atomic E-state index is 0. The molecule has 1 N–H and O–H groups in total. The molecule has 5 heteroatoms. The van der Waals surface area contributed by atoms with E-state index in [1.807, 2.05) is 0 Å². The molecule has 0 radical (unpaired) electrons. The van der Waals surface area contributed by atoms with Crippen LogP contribution < -0.4 is 5.43 Å². The van der Waals surface area contributed by atoms with E-state index in [2.05, 4.69) is 10.5 Å². The van der Waals surface area contributed by atoms with E-state index in [1.54, 1.807) is 18.5 Å². The lowest BCUT2D eigenvalue weighted by atomic mass is 10.8. The molecule has 0 saturated heterocycles. The van der Waals surface area contributed by atoms with E-state index in [-0.39, 0.29) is 12.4 Å². The molecule has 50 valence electrons. The lowest BCUT2D eigenvalue weighted by Gasteiger charge is -1.91. The summed E-state index contributed by atoms with van der Waals surface area (Å²) >= 11 is 0. The van der Waals surface area contributed by atoms with Gasteiger partial charge >= 0.3 is 0 Å². The Labute approximate surface area is 58.2 Å². The van der Waals surface area contributed by atoms with Crippen molar-refractivity contribution in [1.82, 2.24) is 9.89 Å². The first-order valence-electron chi connectivity index (χ1n) is 2.13. The third-order valence-corrected chi connectivity index (χ3v) is 0.689. The molecule has 0 atom stereocenters. The lowest BCUT2D eigenvalue weighted by molar-refractivity contribution is -0.106. The number of carbonyl (C=O) groups is 1. The van der Waals surface area contributed by atoms with Crippen molar-refractivity contribution in [1.29, 1.82) is 0 Å². The Balaban J connectivity index is 0.000000640. The van der Waals surface area contributed by atoms with E-state index >= 15 is 0 Å². The van der Waals surface area contributed by atoms with Crippen molar-refractivity contribution < 1.29 is 4.79 Å². The quantitative estimate of drug-likeness (QED) is 0.599. The Kier molecular flexibility index (Phi) is 3.46. The minimum absolute atomic E-state index is 0. The molecule has 0 aliphatic rings. The second-order valence-electron chi connectivity index (χ2n) is 1.20. The molecule has 9 heavy (non-hydrogen) atoms. The van der Waals surface area contributed by atoms with Gasteiger partial charge in [-0.05, 0) is 6.07 Å².